The fraction of sp³-hybridized carbons (Fsp3) is 0.536. The SMILES string of the molecule is CCCCCCCCCCCCCCCc1ccccc1.O=C(O)Oc1ccccc1. The Bertz CT molecular complexity index is 640. The van der Waals surface area contributed by atoms with Gasteiger partial charge in [0.25, 0.3) is 0 Å². The summed E-state index contributed by atoms with van der Waals surface area (Å²) in [5.74, 6) is 0.343. The molecule has 0 saturated carbocycles. The Morgan fingerprint density at radius 2 is 1.06 bits per heavy atom. The summed E-state index contributed by atoms with van der Waals surface area (Å²) in [7, 11) is 0. The number of ether oxygens (including phenoxy) is 1. The van der Waals surface area contributed by atoms with Crippen molar-refractivity contribution in [2.75, 3.05) is 0 Å². The number of carbonyl (C=O) groups is 1. The Morgan fingerprint density at radius 1 is 0.645 bits per heavy atom. The van der Waals surface area contributed by atoms with Gasteiger partial charge in [-0.15, -0.1) is 0 Å². The summed E-state index contributed by atoms with van der Waals surface area (Å²) < 4.78 is 4.33. The van der Waals surface area contributed by atoms with Crippen molar-refractivity contribution in [1.29, 1.82) is 0 Å². The first kappa shape index (κ1) is 26.7. The second-order valence-electron chi connectivity index (χ2n) is 8.16. The average molecular weight is 427 g/mol. The summed E-state index contributed by atoms with van der Waals surface area (Å²) in [4.78, 5) is 9.95. The number of rotatable bonds is 15. The molecular formula is C28H42O3. The molecule has 0 saturated heterocycles. The van der Waals surface area contributed by atoms with Gasteiger partial charge in [0.05, 0.1) is 0 Å². The van der Waals surface area contributed by atoms with Crippen molar-refractivity contribution in [2.24, 2.45) is 0 Å². The van der Waals surface area contributed by atoms with Crippen molar-refractivity contribution >= 4 is 6.16 Å². The van der Waals surface area contributed by atoms with E-state index >= 15 is 0 Å². The number of unbranched alkanes of at least 4 members (excludes halogenated alkanes) is 12. The Kier molecular flexibility index (Phi) is 17.0. The standard InChI is InChI=1S/C21H36.C7H6O3/c1-2-3-4-5-6-7-8-9-10-11-12-13-15-18-21-19-16-14-17-20-21;8-7(9)10-6-4-2-1-3-5-6/h14,16-17,19-20H,2-13,15,18H2,1H3;1-5H,(H,8,9). The van der Waals surface area contributed by atoms with Gasteiger partial charge in [0, 0.05) is 0 Å². The maximum absolute atomic E-state index is 9.95. The molecule has 31 heavy (non-hydrogen) atoms. The van der Waals surface area contributed by atoms with Crippen LogP contribution in [0.1, 0.15) is 96.0 Å². The van der Waals surface area contributed by atoms with E-state index in [9.17, 15) is 4.79 Å². The van der Waals surface area contributed by atoms with Gasteiger partial charge in [0.2, 0.25) is 0 Å². The first-order chi connectivity index (χ1) is 15.2. The highest BCUT2D eigenvalue weighted by Crippen LogP contribution is 2.13. The fourth-order valence-electron chi connectivity index (χ4n) is 3.58. The van der Waals surface area contributed by atoms with Gasteiger partial charge in [-0.05, 0) is 30.5 Å². The lowest BCUT2D eigenvalue weighted by atomic mass is 10.0. The van der Waals surface area contributed by atoms with Gasteiger partial charge in [-0.2, -0.15) is 0 Å². The highest BCUT2D eigenvalue weighted by atomic mass is 16.7. The average Bonchev–Trinajstić information content (AvgIpc) is 2.78. The fourth-order valence-corrected chi connectivity index (χ4v) is 3.58. The summed E-state index contributed by atoms with van der Waals surface area (Å²) in [5.41, 5.74) is 1.50. The number of benzene rings is 2. The van der Waals surface area contributed by atoms with E-state index in [-0.39, 0.29) is 0 Å². The maximum atomic E-state index is 9.95. The van der Waals surface area contributed by atoms with Crippen LogP contribution < -0.4 is 4.74 Å². The van der Waals surface area contributed by atoms with Gasteiger partial charge in [-0.25, -0.2) is 4.79 Å². The predicted molar refractivity (Wildman–Crippen MR) is 131 cm³/mol. The van der Waals surface area contributed by atoms with Gasteiger partial charge in [-0.3, -0.25) is 0 Å². The van der Waals surface area contributed by atoms with E-state index in [0.717, 1.165) is 0 Å². The molecule has 0 spiro atoms. The molecule has 0 aliphatic rings. The lowest BCUT2D eigenvalue weighted by Crippen LogP contribution is -2.02. The van der Waals surface area contributed by atoms with Crippen molar-refractivity contribution < 1.29 is 14.6 Å². The zero-order chi connectivity index (χ0) is 22.4. The molecule has 0 aliphatic carbocycles. The second-order valence-corrected chi connectivity index (χ2v) is 8.16. The van der Waals surface area contributed by atoms with Crippen LogP contribution >= 0.6 is 0 Å². The first-order valence-corrected chi connectivity index (χ1v) is 12.2. The third-order valence-electron chi connectivity index (χ3n) is 5.36. The highest BCUT2D eigenvalue weighted by molar-refractivity contribution is 5.60. The second kappa shape index (κ2) is 19.7. The smallest absolute Gasteiger partial charge is 0.449 e. The van der Waals surface area contributed by atoms with Crippen molar-refractivity contribution in [2.45, 2.75) is 96.8 Å². The van der Waals surface area contributed by atoms with Gasteiger partial charge >= 0.3 is 6.16 Å². The van der Waals surface area contributed by atoms with Crippen molar-refractivity contribution in [3.05, 3.63) is 66.2 Å². The summed E-state index contributed by atoms with van der Waals surface area (Å²) in [6.07, 6.45) is 18.7. The molecule has 3 nitrogen and oxygen atoms in total. The lowest BCUT2D eigenvalue weighted by Gasteiger charge is -2.03. The monoisotopic (exact) mass is 426 g/mol. The van der Waals surface area contributed by atoms with E-state index in [0.29, 0.717) is 5.75 Å². The van der Waals surface area contributed by atoms with Gasteiger partial charge in [0.1, 0.15) is 5.75 Å². The van der Waals surface area contributed by atoms with Crippen LogP contribution in [0.25, 0.3) is 0 Å². The van der Waals surface area contributed by atoms with Crippen LogP contribution in [-0.2, 0) is 6.42 Å². The van der Waals surface area contributed by atoms with E-state index in [2.05, 4.69) is 42.0 Å². The largest absolute Gasteiger partial charge is 0.511 e. The molecule has 0 atom stereocenters. The van der Waals surface area contributed by atoms with E-state index in [1.54, 1.807) is 30.3 Å². The van der Waals surface area contributed by atoms with Crippen molar-refractivity contribution in [3.63, 3.8) is 0 Å². The molecule has 0 aliphatic heterocycles. The van der Waals surface area contributed by atoms with Crippen LogP contribution in [0.5, 0.6) is 5.75 Å². The molecule has 0 radical (unpaired) electrons. The third kappa shape index (κ3) is 17.1. The van der Waals surface area contributed by atoms with Crippen LogP contribution in [0, 0.1) is 0 Å². The molecule has 0 unspecified atom stereocenters. The number of carboxylic acid groups (broad SMARTS) is 1. The number of aryl methyl sites for hydroxylation is 1. The molecule has 2 aromatic rings. The minimum absolute atomic E-state index is 0.343. The van der Waals surface area contributed by atoms with Gasteiger partial charge in [-0.1, -0.05) is 133 Å². The highest BCUT2D eigenvalue weighted by Gasteiger charge is 1.97. The minimum atomic E-state index is -1.29. The molecule has 0 bridgehead atoms. The van der Waals surface area contributed by atoms with E-state index in [4.69, 9.17) is 5.11 Å². The predicted octanol–water partition coefficient (Wildman–Crippen LogP) is 9.06. The zero-order valence-electron chi connectivity index (χ0n) is 19.4. The summed E-state index contributed by atoms with van der Waals surface area (Å²) >= 11 is 0. The molecule has 1 N–H and O–H groups in total. The molecule has 172 valence electrons. The van der Waals surface area contributed by atoms with Crippen LogP contribution in [-0.4, -0.2) is 11.3 Å². The number of para-hydroxylation sites is 1. The Morgan fingerprint density at radius 3 is 1.52 bits per heavy atom. The Labute approximate surface area is 189 Å². The van der Waals surface area contributed by atoms with Crippen LogP contribution in [0.4, 0.5) is 4.79 Å². The minimum Gasteiger partial charge on any atom is -0.449 e. The van der Waals surface area contributed by atoms with E-state index in [1.165, 1.54) is 95.5 Å². The topological polar surface area (TPSA) is 46.5 Å². The van der Waals surface area contributed by atoms with Crippen LogP contribution in [0.15, 0.2) is 60.7 Å². The molecule has 3 heteroatoms. The Hall–Kier alpha value is -2.29. The molecule has 2 aromatic carbocycles. The molecule has 2 rings (SSSR count). The molecule has 0 aromatic heterocycles. The number of hydrogen-bond donors (Lipinski definition) is 1. The van der Waals surface area contributed by atoms with Crippen molar-refractivity contribution in [3.8, 4) is 5.75 Å². The first-order valence-electron chi connectivity index (χ1n) is 12.2. The summed E-state index contributed by atoms with van der Waals surface area (Å²) in [5, 5.41) is 8.14. The quantitative estimate of drug-likeness (QED) is 0.175. The molecular weight excluding hydrogens is 384 g/mol. The van der Waals surface area contributed by atoms with E-state index < -0.39 is 6.16 Å². The van der Waals surface area contributed by atoms with Crippen LogP contribution in [0.3, 0.4) is 0 Å². The van der Waals surface area contributed by atoms with Crippen molar-refractivity contribution in [1.82, 2.24) is 0 Å². The third-order valence-corrected chi connectivity index (χ3v) is 5.36. The summed E-state index contributed by atoms with van der Waals surface area (Å²) in [6.45, 7) is 2.29. The molecule has 0 amide bonds. The molecule has 0 heterocycles. The van der Waals surface area contributed by atoms with Gasteiger partial charge in [0.15, 0.2) is 0 Å². The van der Waals surface area contributed by atoms with Gasteiger partial charge < -0.3 is 9.84 Å². The number of hydrogen-bond acceptors (Lipinski definition) is 2. The normalized spacial score (nSPS) is 10.2. The molecule has 0 fully saturated rings. The summed E-state index contributed by atoms with van der Waals surface area (Å²) in [6, 6.07) is 19.3. The maximum Gasteiger partial charge on any atom is 0.511 e. The Balaban J connectivity index is 0.000000399. The zero-order valence-corrected chi connectivity index (χ0v) is 19.4. The lowest BCUT2D eigenvalue weighted by molar-refractivity contribution is 0.144. The van der Waals surface area contributed by atoms with Crippen LogP contribution in [0.2, 0.25) is 0 Å². The van der Waals surface area contributed by atoms with E-state index in [1.807, 2.05) is 0 Å².